The SMILES string of the molecule is Cc1cc(C(=O)Nc2cccnn2)cc(NN)n1. The van der Waals surface area contributed by atoms with Crippen molar-refractivity contribution in [1.29, 1.82) is 0 Å². The van der Waals surface area contributed by atoms with Crippen LogP contribution in [0.5, 0.6) is 0 Å². The number of hydrogen-bond donors (Lipinski definition) is 3. The summed E-state index contributed by atoms with van der Waals surface area (Å²) < 4.78 is 0. The minimum absolute atomic E-state index is 0.294. The van der Waals surface area contributed by atoms with E-state index in [4.69, 9.17) is 5.84 Å². The number of anilines is 2. The van der Waals surface area contributed by atoms with Crippen LogP contribution in [-0.4, -0.2) is 21.1 Å². The molecule has 0 aliphatic rings. The molecule has 2 aromatic heterocycles. The van der Waals surface area contributed by atoms with Gasteiger partial charge in [-0.1, -0.05) is 0 Å². The smallest absolute Gasteiger partial charge is 0.257 e. The van der Waals surface area contributed by atoms with Gasteiger partial charge in [0.15, 0.2) is 5.82 Å². The number of carbonyl (C=O) groups excluding carboxylic acids is 1. The quantitative estimate of drug-likeness (QED) is 0.542. The first-order valence-electron chi connectivity index (χ1n) is 5.23. The lowest BCUT2D eigenvalue weighted by Gasteiger charge is -2.06. The predicted octanol–water partition coefficient (Wildman–Crippen LogP) is 0.718. The Labute approximate surface area is 103 Å². The number of rotatable bonds is 3. The van der Waals surface area contributed by atoms with E-state index >= 15 is 0 Å². The molecule has 0 spiro atoms. The molecule has 0 saturated heterocycles. The van der Waals surface area contributed by atoms with Crippen LogP contribution in [0, 0.1) is 6.92 Å². The van der Waals surface area contributed by atoms with E-state index in [2.05, 4.69) is 25.9 Å². The topological polar surface area (TPSA) is 106 Å². The average molecular weight is 244 g/mol. The first kappa shape index (κ1) is 11.9. The normalized spacial score (nSPS) is 9.89. The van der Waals surface area contributed by atoms with Gasteiger partial charge in [0.25, 0.3) is 5.91 Å². The van der Waals surface area contributed by atoms with E-state index in [0.29, 0.717) is 22.9 Å². The summed E-state index contributed by atoms with van der Waals surface area (Å²) >= 11 is 0. The van der Waals surface area contributed by atoms with E-state index in [1.165, 1.54) is 6.20 Å². The van der Waals surface area contributed by atoms with E-state index in [9.17, 15) is 4.79 Å². The van der Waals surface area contributed by atoms with Gasteiger partial charge in [-0.05, 0) is 31.2 Å². The molecule has 92 valence electrons. The molecule has 0 atom stereocenters. The highest BCUT2D eigenvalue weighted by molar-refractivity contribution is 6.04. The third kappa shape index (κ3) is 2.77. The molecule has 0 aromatic carbocycles. The zero-order valence-electron chi connectivity index (χ0n) is 9.71. The predicted molar refractivity (Wildman–Crippen MR) is 66.8 cm³/mol. The highest BCUT2D eigenvalue weighted by Crippen LogP contribution is 2.11. The number of nitrogens with one attached hydrogen (secondary N) is 2. The van der Waals surface area contributed by atoms with Crippen LogP contribution >= 0.6 is 0 Å². The van der Waals surface area contributed by atoms with Gasteiger partial charge in [-0.25, -0.2) is 10.8 Å². The van der Waals surface area contributed by atoms with Crippen molar-refractivity contribution in [2.75, 3.05) is 10.7 Å². The van der Waals surface area contributed by atoms with Crippen LogP contribution in [-0.2, 0) is 0 Å². The number of aromatic nitrogens is 3. The van der Waals surface area contributed by atoms with Crippen LogP contribution in [0.2, 0.25) is 0 Å². The molecule has 0 fully saturated rings. The Morgan fingerprint density at radius 2 is 2.17 bits per heavy atom. The van der Waals surface area contributed by atoms with Crippen molar-refractivity contribution in [2.24, 2.45) is 5.84 Å². The second-order valence-electron chi connectivity index (χ2n) is 3.59. The molecular formula is C11H12N6O. The Morgan fingerprint density at radius 1 is 1.33 bits per heavy atom. The van der Waals surface area contributed by atoms with E-state index in [-0.39, 0.29) is 5.91 Å². The number of nitrogens with two attached hydrogens (primary N) is 1. The van der Waals surface area contributed by atoms with E-state index < -0.39 is 0 Å². The minimum Gasteiger partial charge on any atom is -0.308 e. The van der Waals surface area contributed by atoms with E-state index in [1.807, 2.05) is 0 Å². The molecule has 0 bridgehead atoms. The van der Waals surface area contributed by atoms with Crippen LogP contribution in [0.3, 0.4) is 0 Å². The first-order chi connectivity index (χ1) is 8.69. The molecule has 0 aliphatic heterocycles. The lowest BCUT2D eigenvalue weighted by atomic mass is 10.2. The molecule has 0 radical (unpaired) electrons. The molecule has 0 saturated carbocycles. The van der Waals surface area contributed by atoms with Crippen LogP contribution in [0.1, 0.15) is 16.1 Å². The van der Waals surface area contributed by atoms with Gasteiger partial charge in [0, 0.05) is 17.5 Å². The summed E-state index contributed by atoms with van der Waals surface area (Å²) in [6.07, 6.45) is 1.53. The summed E-state index contributed by atoms with van der Waals surface area (Å²) in [7, 11) is 0. The van der Waals surface area contributed by atoms with Crippen molar-refractivity contribution < 1.29 is 4.79 Å². The number of amides is 1. The molecular weight excluding hydrogens is 232 g/mol. The molecule has 0 aliphatic carbocycles. The Morgan fingerprint density at radius 3 is 2.83 bits per heavy atom. The zero-order valence-corrected chi connectivity index (χ0v) is 9.71. The van der Waals surface area contributed by atoms with Crippen LogP contribution in [0.4, 0.5) is 11.6 Å². The highest BCUT2D eigenvalue weighted by atomic mass is 16.1. The third-order valence-corrected chi connectivity index (χ3v) is 2.18. The Kier molecular flexibility index (Phi) is 3.44. The van der Waals surface area contributed by atoms with Crippen molar-refractivity contribution in [3.8, 4) is 0 Å². The van der Waals surface area contributed by atoms with Crippen molar-refractivity contribution in [3.63, 3.8) is 0 Å². The largest absolute Gasteiger partial charge is 0.308 e. The summed E-state index contributed by atoms with van der Waals surface area (Å²) in [4.78, 5) is 16.1. The second kappa shape index (κ2) is 5.19. The number of aryl methyl sites for hydroxylation is 1. The van der Waals surface area contributed by atoms with Gasteiger partial charge in [0.2, 0.25) is 0 Å². The fourth-order valence-corrected chi connectivity index (χ4v) is 1.43. The Hall–Kier alpha value is -2.54. The molecule has 4 N–H and O–H groups in total. The van der Waals surface area contributed by atoms with E-state index in [1.54, 1.807) is 31.2 Å². The van der Waals surface area contributed by atoms with Gasteiger partial charge >= 0.3 is 0 Å². The van der Waals surface area contributed by atoms with Crippen molar-refractivity contribution in [2.45, 2.75) is 6.92 Å². The lowest BCUT2D eigenvalue weighted by molar-refractivity contribution is 0.102. The van der Waals surface area contributed by atoms with Crippen LogP contribution < -0.4 is 16.6 Å². The van der Waals surface area contributed by atoms with Gasteiger partial charge in [-0.3, -0.25) is 4.79 Å². The number of hydrogen-bond acceptors (Lipinski definition) is 6. The summed E-state index contributed by atoms with van der Waals surface area (Å²) in [6.45, 7) is 1.78. The molecule has 1 amide bonds. The maximum absolute atomic E-state index is 12.0. The van der Waals surface area contributed by atoms with Gasteiger partial charge in [0.05, 0.1) is 0 Å². The van der Waals surface area contributed by atoms with Crippen molar-refractivity contribution in [1.82, 2.24) is 15.2 Å². The zero-order chi connectivity index (χ0) is 13.0. The molecule has 7 nitrogen and oxygen atoms in total. The maximum atomic E-state index is 12.0. The fraction of sp³-hybridized carbons (Fsp3) is 0.0909. The highest BCUT2D eigenvalue weighted by Gasteiger charge is 2.09. The van der Waals surface area contributed by atoms with Gasteiger partial charge in [-0.15, -0.1) is 5.10 Å². The summed E-state index contributed by atoms with van der Waals surface area (Å²) in [5.41, 5.74) is 3.54. The Bertz CT molecular complexity index is 557. The summed E-state index contributed by atoms with van der Waals surface area (Å²) in [5.74, 6) is 5.80. The number of nitrogens with zero attached hydrogens (tertiary/aromatic N) is 3. The molecule has 7 heteroatoms. The molecule has 2 heterocycles. The van der Waals surface area contributed by atoms with Gasteiger partial charge in [0.1, 0.15) is 5.82 Å². The second-order valence-corrected chi connectivity index (χ2v) is 3.59. The fourth-order valence-electron chi connectivity index (χ4n) is 1.43. The molecule has 2 rings (SSSR count). The van der Waals surface area contributed by atoms with Crippen molar-refractivity contribution >= 4 is 17.5 Å². The molecule has 2 aromatic rings. The lowest BCUT2D eigenvalue weighted by Crippen LogP contribution is -2.15. The summed E-state index contributed by atoms with van der Waals surface area (Å²) in [6, 6.07) is 6.56. The van der Waals surface area contributed by atoms with Crippen molar-refractivity contribution in [3.05, 3.63) is 41.7 Å². The average Bonchev–Trinajstić information content (AvgIpc) is 2.39. The number of hydrazine groups is 1. The first-order valence-corrected chi connectivity index (χ1v) is 5.23. The van der Waals surface area contributed by atoms with Gasteiger partial charge in [-0.2, -0.15) is 5.10 Å². The van der Waals surface area contributed by atoms with Crippen LogP contribution in [0.15, 0.2) is 30.5 Å². The van der Waals surface area contributed by atoms with E-state index in [0.717, 1.165) is 0 Å². The Balaban J connectivity index is 2.21. The maximum Gasteiger partial charge on any atom is 0.257 e. The molecule has 0 unspecified atom stereocenters. The third-order valence-electron chi connectivity index (χ3n) is 2.18. The number of carbonyl (C=O) groups is 1. The van der Waals surface area contributed by atoms with Gasteiger partial charge < -0.3 is 10.7 Å². The minimum atomic E-state index is -0.294. The van der Waals surface area contributed by atoms with Crippen LogP contribution in [0.25, 0.3) is 0 Å². The monoisotopic (exact) mass is 244 g/mol. The number of pyridine rings is 1. The summed E-state index contributed by atoms with van der Waals surface area (Å²) in [5, 5.41) is 10.1. The number of nitrogen functional groups attached to an aromatic ring is 1. The molecule has 18 heavy (non-hydrogen) atoms. The standard InChI is InChI=1S/C11H12N6O/c1-7-5-8(6-10(14-7)16-12)11(18)15-9-3-2-4-13-17-9/h2-6H,12H2,1H3,(H,14,16)(H,15,17,18).